The first-order valence-corrected chi connectivity index (χ1v) is 6.08. The van der Waals surface area contributed by atoms with Crippen LogP contribution >= 0.6 is 24.0 Å². The summed E-state index contributed by atoms with van der Waals surface area (Å²) in [5.41, 5.74) is 4.87. The number of nitrogens with zero attached hydrogens (tertiary/aromatic N) is 1. The highest BCUT2D eigenvalue weighted by atomic mass is 127. The molecule has 21 heavy (non-hydrogen) atoms. The van der Waals surface area contributed by atoms with Crippen LogP contribution in [0.15, 0.2) is 35.3 Å². The fraction of sp³-hybridized carbons (Fsp3) is 0.357. The number of nitrogens with two attached hydrogens (primary N) is 1. The fourth-order valence-corrected chi connectivity index (χ4v) is 1.55. The first-order valence-electron chi connectivity index (χ1n) is 6.08. The Bertz CT molecular complexity index is 533. The number of guanidine groups is 1. The smallest absolute Gasteiger partial charge is 0.188 e. The number of halogens is 3. The maximum absolute atomic E-state index is 13.6. The maximum Gasteiger partial charge on any atom is 0.188 e. The molecule has 1 aromatic rings. The van der Waals surface area contributed by atoms with Crippen molar-refractivity contribution in [2.24, 2.45) is 10.7 Å². The first kappa shape index (κ1) is 19.8. The summed E-state index contributed by atoms with van der Waals surface area (Å²) < 4.78 is 26.5. The normalized spacial score (nSPS) is 14.0. The van der Waals surface area contributed by atoms with E-state index in [2.05, 4.69) is 16.9 Å². The second-order valence-electron chi connectivity index (χ2n) is 4.91. The highest BCUT2D eigenvalue weighted by Gasteiger charge is 2.26. The SMILES string of the molecule is C=C(C)CNC(N)=NCC(C)(O)c1ccc(F)cc1F.I. The molecule has 0 saturated carbocycles. The lowest BCUT2D eigenvalue weighted by Crippen LogP contribution is -2.35. The van der Waals surface area contributed by atoms with Gasteiger partial charge in [-0.25, -0.2) is 8.78 Å². The average Bonchev–Trinajstić information content (AvgIpc) is 2.33. The summed E-state index contributed by atoms with van der Waals surface area (Å²) in [6, 6.07) is 2.99. The molecule has 0 heterocycles. The van der Waals surface area contributed by atoms with Crippen LogP contribution in [0.1, 0.15) is 19.4 Å². The van der Waals surface area contributed by atoms with E-state index in [1.54, 1.807) is 0 Å². The van der Waals surface area contributed by atoms with Crippen LogP contribution in [-0.4, -0.2) is 24.2 Å². The van der Waals surface area contributed by atoms with Crippen molar-refractivity contribution in [2.45, 2.75) is 19.4 Å². The summed E-state index contributed by atoms with van der Waals surface area (Å²) >= 11 is 0. The highest BCUT2D eigenvalue weighted by Crippen LogP contribution is 2.24. The van der Waals surface area contributed by atoms with Crippen molar-refractivity contribution in [1.82, 2.24) is 5.32 Å². The molecule has 0 radical (unpaired) electrons. The average molecular weight is 411 g/mol. The molecular formula is C14H20F2IN3O. The van der Waals surface area contributed by atoms with Crippen molar-refractivity contribution in [2.75, 3.05) is 13.1 Å². The molecule has 1 rings (SSSR count). The number of rotatable bonds is 5. The zero-order valence-corrected chi connectivity index (χ0v) is 14.3. The number of hydrogen-bond donors (Lipinski definition) is 3. The van der Waals surface area contributed by atoms with Gasteiger partial charge in [0.15, 0.2) is 5.96 Å². The second kappa shape index (κ2) is 8.28. The van der Waals surface area contributed by atoms with Gasteiger partial charge in [0.05, 0.1) is 6.54 Å². The predicted molar refractivity (Wildman–Crippen MR) is 90.6 cm³/mol. The minimum absolute atomic E-state index is 0. The van der Waals surface area contributed by atoms with E-state index in [0.29, 0.717) is 6.54 Å². The summed E-state index contributed by atoms with van der Waals surface area (Å²) in [7, 11) is 0. The van der Waals surface area contributed by atoms with Crippen LogP contribution in [0.5, 0.6) is 0 Å². The molecule has 0 fully saturated rings. The van der Waals surface area contributed by atoms with Crippen LogP contribution in [0.2, 0.25) is 0 Å². The Balaban J connectivity index is 0.00000400. The van der Waals surface area contributed by atoms with E-state index in [9.17, 15) is 13.9 Å². The van der Waals surface area contributed by atoms with Gasteiger partial charge in [0.2, 0.25) is 0 Å². The predicted octanol–water partition coefficient (Wildman–Crippen LogP) is 2.27. The van der Waals surface area contributed by atoms with Crippen LogP contribution in [0.25, 0.3) is 0 Å². The monoisotopic (exact) mass is 411 g/mol. The molecule has 0 amide bonds. The van der Waals surface area contributed by atoms with Crippen LogP contribution in [0.4, 0.5) is 8.78 Å². The summed E-state index contributed by atoms with van der Waals surface area (Å²) in [4.78, 5) is 3.94. The molecule has 0 aromatic heterocycles. The lowest BCUT2D eigenvalue weighted by atomic mass is 9.95. The third kappa shape index (κ3) is 6.38. The molecule has 118 valence electrons. The van der Waals surface area contributed by atoms with Crippen LogP contribution < -0.4 is 11.1 Å². The molecule has 4 N–H and O–H groups in total. The van der Waals surface area contributed by atoms with Crippen LogP contribution in [0, 0.1) is 11.6 Å². The van der Waals surface area contributed by atoms with Gasteiger partial charge in [0.1, 0.15) is 17.2 Å². The van der Waals surface area contributed by atoms with Gasteiger partial charge in [0.25, 0.3) is 0 Å². The highest BCUT2D eigenvalue weighted by molar-refractivity contribution is 14.0. The van der Waals surface area contributed by atoms with Crippen molar-refractivity contribution in [3.63, 3.8) is 0 Å². The van der Waals surface area contributed by atoms with Gasteiger partial charge in [-0.05, 0) is 19.9 Å². The van der Waals surface area contributed by atoms with Crippen molar-refractivity contribution >= 4 is 29.9 Å². The van der Waals surface area contributed by atoms with E-state index < -0.39 is 17.2 Å². The molecule has 0 aliphatic carbocycles. The molecule has 0 saturated heterocycles. The van der Waals surface area contributed by atoms with E-state index >= 15 is 0 Å². The number of hydrogen-bond acceptors (Lipinski definition) is 2. The second-order valence-corrected chi connectivity index (χ2v) is 4.91. The van der Waals surface area contributed by atoms with Gasteiger partial charge < -0.3 is 16.2 Å². The largest absolute Gasteiger partial charge is 0.383 e. The lowest BCUT2D eigenvalue weighted by Gasteiger charge is -2.22. The Hall–Kier alpha value is -1.22. The van der Waals surface area contributed by atoms with Crippen LogP contribution in [0.3, 0.4) is 0 Å². The third-order valence-corrected chi connectivity index (χ3v) is 2.64. The van der Waals surface area contributed by atoms with Crippen molar-refractivity contribution in [3.8, 4) is 0 Å². The van der Waals surface area contributed by atoms with Gasteiger partial charge in [-0.1, -0.05) is 18.2 Å². The number of nitrogens with one attached hydrogen (secondary N) is 1. The maximum atomic E-state index is 13.6. The Morgan fingerprint density at radius 2 is 2.10 bits per heavy atom. The Morgan fingerprint density at radius 3 is 2.62 bits per heavy atom. The van der Waals surface area contributed by atoms with Gasteiger partial charge >= 0.3 is 0 Å². The Labute approximate surface area is 140 Å². The summed E-state index contributed by atoms with van der Waals surface area (Å²) in [6.45, 7) is 7.22. The van der Waals surface area contributed by atoms with E-state index in [1.807, 2.05) is 6.92 Å². The summed E-state index contributed by atoms with van der Waals surface area (Å²) in [5.74, 6) is -1.40. The molecule has 7 heteroatoms. The zero-order valence-electron chi connectivity index (χ0n) is 12.0. The number of aliphatic hydroxyl groups is 1. The van der Waals surface area contributed by atoms with E-state index in [4.69, 9.17) is 5.73 Å². The molecule has 0 aliphatic heterocycles. The van der Waals surface area contributed by atoms with E-state index in [0.717, 1.165) is 17.7 Å². The Kier molecular flexibility index (Phi) is 7.80. The molecule has 0 bridgehead atoms. The summed E-state index contributed by atoms with van der Waals surface area (Å²) in [6.07, 6.45) is 0. The lowest BCUT2D eigenvalue weighted by molar-refractivity contribution is 0.0633. The fourth-order valence-electron chi connectivity index (χ4n) is 1.55. The number of aliphatic imine (C=N–C) groups is 1. The first-order chi connectivity index (χ1) is 9.22. The molecule has 1 atom stereocenters. The van der Waals surface area contributed by atoms with E-state index in [-0.39, 0.29) is 42.0 Å². The topological polar surface area (TPSA) is 70.6 Å². The van der Waals surface area contributed by atoms with Gasteiger partial charge in [0, 0.05) is 18.2 Å². The Morgan fingerprint density at radius 1 is 1.48 bits per heavy atom. The van der Waals surface area contributed by atoms with Crippen LogP contribution in [-0.2, 0) is 5.60 Å². The molecule has 0 spiro atoms. The van der Waals surface area contributed by atoms with Crippen molar-refractivity contribution in [3.05, 3.63) is 47.5 Å². The molecule has 1 unspecified atom stereocenters. The quantitative estimate of drug-likeness (QED) is 0.301. The van der Waals surface area contributed by atoms with Gasteiger partial charge in [-0.3, -0.25) is 4.99 Å². The van der Waals surface area contributed by atoms with Crippen molar-refractivity contribution in [1.29, 1.82) is 0 Å². The third-order valence-electron chi connectivity index (χ3n) is 2.64. The standard InChI is InChI=1S/C14H19F2N3O.HI/c1-9(2)7-18-13(17)19-8-14(3,20)11-5-4-10(15)6-12(11)16;/h4-6,20H,1,7-8H2,2-3H3,(H3,17,18,19);1H. The molecular weight excluding hydrogens is 391 g/mol. The minimum Gasteiger partial charge on any atom is -0.383 e. The van der Waals surface area contributed by atoms with Crippen molar-refractivity contribution < 1.29 is 13.9 Å². The van der Waals surface area contributed by atoms with E-state index in [1.165, 1.54) is 13.0 Å². The summed E-state index contributed by atoms with van der Waals surface area (Å²) in [5, 5.41) is 13.0. The zero-order chi connectivity index (χ0) is 15.3. The van der Waals surface area contributed by atoms with Gasteiger partial charge in [-0.2, -0.15) is 0 Å². The minimum atomic E-state index is -1.58. The molecule has 1 aromatic carbocycles. The molecule has 4 nitrogen and oxygen atoms in total. The molecule has 0 aliphatic rings. The number of benzene rings is 1. The van der Waals surface area contributed by atoms with Gasteiger partial charge in [-0.15, -0.1) is 24.0 Å².